The fourth-order valence-corrected chi connectivity index (χ4v) is 4.61. The fraction of sp³-hybridized carbons (Fsp3) is 0.353. The van der Waals surface area contributed by atoms with E-state index in [0.29, 0.717) is 18.0 Å². The van der Waals surface area contributed by atoms with E-state index in [4.69, 9.17) is 9.47 Å². The summed E-state index contributed by atoms with van der Waals surface area (Å²) in [5.41, 5.74) is 0.799. The maximum atomic E-state index is 12.5. The van der Waals surface area contributed by atoms with Gasteiger partial charge in [0.2, 0.25) is 5.91 Å². The molecule has 0 fully saturated rings. The average molecular weight is 399 g/mol. The molecule has 7 nitrogen and oxygen atoms in total. The van der Waals surface area contributed by atoms with Crippen LogP contribution in [0.15, 0.2) is 39.9 Å². The summed E-state index contributed by atoms with van der Waals surface area (Å²) >= 11 is 1.12. The Labute approximate surface area is 157 Å². The van der Waals surface area contributed by atoms with Gasteiger partial charge < -0.3 is 14.4 Å². The van der Waals surface area contributed by atoms with Crippen LogP contribution in [0.4, 0.5) is 0 Å². The van der Waals surface area contributed by atoms with Gasteiger partial charge in [0, 0.05) is 32.3 Å². The number of sulfonamides is 1. The molecule has 0 atom stereocenters. The zero-order chi connectivity index (χ0) is 19.3. The van der Waals surface area contributed by atoms with Crippen LogP contribution in [0.2, 0.25) is 0 Å². The third-order valence-corrected chi connectivity index (χ3v) is 7.02. The summed E-state index contributed by atoms with van der Waals surface area (Å²) in [7, 11) is 2.47. The Bertz CT molecular complexity index is 850. The van der Waals surface area contributed by atoms with Crippen LogP contribution in [0.5, 0.6) is 11.5 Å². The van der Waals surface area contributed by atoms with Crippen LogP contribution < -0.4 is 9.47 Å². The van der Waals surface area contributed by atoms with E-state index in [9.17, 15) is 13.2 Å². The van der Waals surface area contributed by atoms with Gasteiger partial charge in [-0.05, 0) is 23.6 Å². The summed E-state index contributed by atoms with van der Waals surface area (Å²) < 4.78 is 36.6. The van der Waals surface area contributed by atoms with Gasteiger partial charge in [-0.25, -0.2) is 8.42 Å². The molecule has 0 bridgehead atoms. The SMILES string of the molecule is COc1ccc(CN(C)C(=O)CN(C)S(=O)(=O)c2cccs2)c(OC)c1. The van der Waals surface area contributed by atoms with Crippen molar-refractivity contribution in [1.29, 1.82) is 0 Å². The van der Waals surface area contributed by atoms with Crippen LogP contribution in [0.25, 0.3) is 0 Å². The van der Waals surface area contributed by atoms with Crippen molar-refractivity contribution < 1.29 is 22.7 Å². The number of hydrogen-bond acceptors (Lipinski definition) is 6. The van der Waals surface area contributed by atoms with Gasteiger partial charge in [0.1, 0.15) is 15.7 Å². The van der Waals surface area contributed by atoms with Crippen molar-refractivity contribution in [2.24, 2.45) is 0 Å². The third kappa shape index (κ3) is 4.54. The second-order valence-corrected chi connectivity index (χ2v) is 8.84. The molecule has 1 heterocycles. The quantitative estimate of drug-likeness (QED) is 0.680. The molecule has 26 heavy (non-hydrogen) atoms. The van der Waals surface area contributed by atoms with Crippen molar-refractivity contribution in [2.75, 3.05) is 34.9 Å². The number of carbonyl (C=O) groups excluding carboxylic acids is 1. The summed E-state index contributed by atoms with van der Waals surface area (Å²) in [4.78, 5) is 13.9. The first-order chi connectivity index (χ1) is 12.3. The molecule has 1 aromatic heterocycles. The van der Waals surface area contributed by atoms with Gasteiger partial charge in [0.05, 0.1) is 20.8 Å². The summed E-state index contributed by atoms with van der Waals surface area (Å²) in [5.74, 6) is 0.940. The monoisotopic (exact) mass is 398 g/mol. The number of carbonyl (C=O) groups is 1. The Hall–Kier alpha value is -2.10. The second kappa shape index (κ2) is 8.52. The number of hydrogen-bond donors (Lipinski definition) is 0. The van der Waals surface area contributed by atoms with Gasteiger partial charge in [0.15, 0.2) is 0 Å². The van der Waals surface area contributed by atoms with Crippen molar-refractivity contribution >= 4 is 27.3 Å². The Morgan fingerprint density at radius 1 is 1.15 bits per heavy atom. The van der Waals surface area contributed by atoms with Crippen molar-refractivity contribution in [1.82, 2.24) is 9.21 Å². The van der Waals surface area contributed by atoms with Gasteiger partial charge in [-0.1, -0.05) is 6.07 Å². The van der Waals surface area contributed by atoms with Gasteiger partial charge in [-0.15, -0.1) is 11.3 Å². The molecule has 0 aliphatic rings. The fourth-order valence-electron chi connectivity index (χ4n) is 2.29. The molecule has 1 aromatic carbocycles. The van der Waals surface area contributed by atoms with Gasteiger partial charge >= 0.3 is 0 Å². The summed E-state index contributed by atoms with van der Waals surface area (Å²) in [6.07, 6.45) is 0. The van der Waals surface area contributed by atoms with Crippen molar-refractivity contribution in [3.8, 4) is 11.5 Å². The van der Waals surface area contributed by atoms with Crippen LogP contribution in [-0.4, -0.2) is 58.4 Å². The standard InChI is InChI=1S/C17H22N2O5S2/c1-18(11-13-7-8-14(23-3)10-15(13)24-4)16(20)12-19(2)26(21,22)17-6-5-9-25-17/h5-10H,11-12H2,1-4H3. The summed E-state index contributed by atoms with van der Waals surface area (Å²) in [6.45, 7) is 0.0497. The van der Waals surface area contributed by atoms with Crippen LogP contribution in [0.3, 0.4) is 0 Å². The zero-order valence-corrected chi connectivity index (χ0v) is 16.8. The third-order valence-electron chi connectivity index (χ3n) is 3.85. The molecule has 0 spiro atoms. The molecule has 0 aliphatic heterocycles. The molecule has 142 valence electrons. The van der Waals surface area contributed by atoms with Gasteiger partial charge in [-0.2, -0.15) is 4.31 Å². The number of nitrogens with zero attached hydrogens (tertiary/aromatic N) is 2. The second-order valence-electron chi connectivity index (χ2n) is 5.62. The number of likely N-dealkylation sites (N-methyl/N-ethyl adjacent to an activating group) is 2. The molecule has 0 N–H and O–H groups in total. The smallest absolute Gasteiger partial charge is 0.252 e. The van der Waals surface area contributed by atoms with Crippen molar-refractivity contribution in [3.05, 3.63) is 41.3 Å². The molecule has 0 unspecified atom stereocenters. The highest BCUT2D eigenvalue weighted by atomic mass is 32.2. The number of benzene rings is 1. The van der Waals surface area contributed by atoms with E-state index in [2.05, 4.69) is 0 Å². The number of thiophene rings is 1. The lowest BCUT2D eigenvalue weighted by atomic mass is 10.2. The molecule has 0 aliphatic carbocycles. The van der Waals surface area contributed by atoms with E-state index in [-0.39, 0.29) is 16.7 Å². The Morgan fingerprint density at radius 3 is 2.46 bits per heavy atom. The maximum Gasteiger partial charge on any atom is 0.252 e. The van der Waals surface area contributed by atoms with E-state index in [1.165, 1.54) is 18.0 Å². The molecule has 0 radical (unpaired) electrons. The number of amides is 1. The van der Waals surface area contributed by atoms with Crippen molar-refractivity contribution in [3.63, 3.8) is 0 Å². The van der Waals surface area contributed by atoms with Crippen molar-refractivity contribution in [2.45, 2.75) is 10.8 Å². The minimum Gasteiger partial charge on any atom is -0.497 e. The number of methoxy groups -OCH3 is 2. The molecule has 0 saturated heterocycles. The normalized spacial score (nSPS) is 11.4. The predicted molar refractivity (Wildman–Crippen MR) is 100 cm³/mol. The van der Waals surface area contributed by atoms with E-state index in [1.807, 2.05) is 6.07 Å². The Balaban J connectivity index is 2.06. The molecule has 0 saturated carbocycles. The number of rotatable bonds is 8. The van der Waals surface area contributed by atoms with E-state index < -0.39 is 10.0 Å². The first-order valence-electron chi connectivity index (χ1n) is 7.74. The largest absolute Gasteiger partial charge is 0.497 e. The molecule has 2 aromatic rings. The minimum absolute atomic E-state index is 0.215. The lowest BCUT2D eigenvalue weighted by molar-refractivity contribution is -0.130. The highest BCUT2D eigenvalue weighted by Crippen LogP contribution is 2.25. The highest BCUT2D eigenvalue weighted by molar-refractivity contribution is 7.91. The highest BCUT2D eigenvalue weighted by Gasteiger charge is 2.25. The van der Waals surface area contributed by atoms with Gasteiger partial charge in [0.25, 0.3) is 10.0 Å². The molecule has 2 rings (SSSR count). The van der Waals surface area contributed by atoms with Crippen LogP contribution in [-0.2, 0) is 21.4 Å². The zero-order valence-electron chi connectivity index (χ0n) is 15.1. The predicted octanol–water partition coefficient (Wildman–Crippen LogP) is 2.04. The first-order valence-corrected chi connectivity index (χ1v) is 10.1. The van der Waals surface area contributed by atoms with E-state index in [1.54, 1.807) is 44.8 Å². The molecule has 1 amide bonds. The van der Waals surface area contributed by atoms with Crippen LogP contribution in [0, 0.1) is 0 Å². The molecular weight excluding hydrogens is 376 g/mol. The average Bonchev–Trinajstić information content (AvgIpc) is 3.17. The van der Waals surface area contributed by atoms with E-state index in [0.717, 1.165) is 21.2 Å². The van der Waals surface area contributed by atoms with Crippen LogP contribution >= 0.6 is 11.3 Å². The molecular formula is C17H22N2O5S2. The van der Waals surface area contributed by atoms with Gasteiger partial charge in [-0.3, -0.25) is 4.79 Å². The molecule has 9 heteroatoms. The minimum atomic E-state index is -3.66. The summed E-state index contributed by atoms with van der Waals surface area (Å²) in [5, 5.41) is 1.69. The Morgan fingerprint density at radius 2 is 1.88 bits per heavy atom. The Kier molecular flexibility index (Phi) is 6.63. The summed E-state index contributed by atoms with van der Waals surface area (Å²) in [6, 6.07) is 8.51. The topological polar surface area (TPSA) is 76.2 Å². The number of ether oxygens (including phenoxy) is 2. The lowest BCUT2D eigenvalue weighted by Gasteiger charge is -2.22. The van der Waals surface area contributed by atoms with Crippen LogP contribution in [0.1, 0.15) is 5.56 Å². The maximum absolute atomic E-state index is 12.5. The van der Waals surface area contributed by atoms with E-state index >= 15 is 0 Å². The lowest BCUT2D eigenvalue weighted by Crippen LogP contribution is -2.38. The first kappa shape index (κ1) is 20.2.